The molecular weight excluding hydrogens is 264 g/mol. The molecule has 1 fully saturated rings. The van der Waals surface area contributed by atoms with E-state index in [2.05, 4.69) is 26.1 Å². The number of nitrogens with one attached hydrogen (secondary N) is 1. The Labute approximate surface area is 127 Å². The third kappa shape index (κ3) is 3.62. The van der Waals surface area contributed by atoms with E-state index in [4.69, 9.17) is 0 Å². The molecule has 4 heteroatoms. The summed E-state index contributed by atoms with van der Waals surface area (Å²) in [7, 11) is 0. The van der Waals surface area contributed by atoms with Crippen LogP contribution in [0.3, 0.4) is 0 Å². The van der Waals surface area contributed by atoms with Crippen molar-refractivity contribution in [3.8, 4) is 0 Å². The van der Waals surface area contributed by atoms with Gasteiger partial charge in [0.05, 0.1) is 4.92 Å². The van der Waals surface area contributed by atoms with Gasteiger partial charge in [0.25, 0.3) is 5.69 Å². The lowest BCUT2D eigenvalue weighted by molar-refractivity contribution is -0.385. The number of hydrogen-bond acceptors (Lipinski definition) is 3. The van der Waals surface area contributed by atoms with Crippen LogP contribution in [0.25, 0.3) is 0 Å². The van der Waals surface area contributed by atoms with Crippen molar-refractivity contribution in [2.75, 3.05) is 0 Å². The van der Waals surface area contributed by atoms with Crippen LogP contribution in [0, 0.1) is 22.5 Å². The fourth-order valence-corrected chi connectivity index (χ4v) is 3.29. The lowest BCUT2D eigenvalue weighted by Gasteiger charge is -2.40. The van der Waals surface area contributed by atoms with E-state index in [9.17, 15) is 10.1 Å². The Morgan fingerprint density at radius 1 is 1.38 bits per heavy atom. The van der Waals surface area contributed by atoms with Crippen molar-refractivity contribution >= 4 is 5.69 Å². The molecule has 1 saturated carbocycles. The maximum atomic E-state index is 11.1. The average Bonchev–Trinajstić information content (AvgIpc) is 2.41. The maximum absolute atomic E-state index is 11.1. The summed E-state index contributed by atoms with van der Waals surface area (Å²) in [5.41, 5.74) is 2.22. The summed E-state index contributed by atoms with van der Waals surface area (Å²) in [5, 5.41) is 14.8. The molecule has 4 nitrogen and oxygen atoms in total. The van der Waals surface area contributed by atoms with E-state index in [1.54, 1.807) is 13.0 Å². The van der Waals surface area contributed by atoms with Gasteiger partial charge in [-0.3, -0.25) is 10.1 Å². The molecule has 0 aromatic heterocycles. The molecule has 116 valence electrons. The Morgan fingerprint density at radius 2 is 2.10 bits per heavy atom. The first kappa shape index (κ1) is 16.0. The zero-order valence-corrected chi connectivity index (χ0v) is 13.5. The van der Waals surface area contributed by atoms with Gasteiger partial charge in [0.15, 0.2) is 0 Å². The van der Waals surface area contributed by atoms with Crippen molar-refractivity contribution in [1.82, 2.24) is 5.32 Å². The predicted octanol–water partition coefficient (Wildman–Crippen LogP) is 4.52. The number of nitro groups is 1. The average molecular weight is 290 g/mol. The molecule has 1 aromatic carbocycles. The van der Waals surface area contributed by atoms with Gasteiger partial charge in [0.2, 0.25) is 0 Å². The molecule has 2 unspecified atom stereocenters. The quantitative estimate of drug-likeness (QED) is 0.655. The molecule has 0 bridgehead atoms. The van der Waals surface area contributed by atoms with Gasteiger partial charge >= 0.3 is 0 Å². The van der Waals surface area contributed by atoms with Crippen LogP contribution in [0.4, 0.5) is 5.69 Å². The minimum absolute atomic E-state index is 0.131. The fraction of sp³-hybridized carbons (Fsp3) is 0.647. The van der Waals surface area contributed by atoms with E-state index in [1.165, 1.54) is 25.7 Å². The monoisotopic (exact) mass is 290 g/mol. The number of aryl methyl sites for hydroxylation is 1. The fourth-order valence-electron chi connectivity index (χ4n) is 3.29. The van der Waals surface area contributed by atoms with E-state index in [0.29, 0.717) is 17.0 Å². The number of hydrogen-bond donors (Lipinski definition) is 1. The van der Waals surface area contributed by atoms with Crippen LogP contribution < -0.4 is 5.32 Å². The highest BCUT2D eigenvalue weighted by atomic mass is 16.6. The molecule has 1 N–H and O–H groups in total. The Morgan fingerprint density at radius 3 is 2.71 bits per heavy atom. The summed E-state index contributed by atoms with van der Waals surface area (Å²) in [4.78, 5) is 10.8. The highest BCUT2D eigenvalue weighted by Crippen LogP contribution is 2.36. The van der Waals surface area contributed by atoms with E-state index in [0.717, 1.165) is 5.56 Å². The summed E-state index contributed by atoms with van der Waals surface area (Å²) in [5.74, 6) is 0. The topological polar surface area (TPSA) is 55.2 Å². The Bertz CT molecular complexity index is 526. The largest absolute Gasteiger partial charge is 0.307 e. The smallest absolute Gasteiger partial charge is 0.272 e. The molecule has 0 amide bonds. The van der Waals surface area contributed by atoms with Crippen LogP contribution >= 0.6 is 0 Å². The molecule has 2 atom stereocenters. The molecule has 0 aliphatic heterocycles. The first-order valence-electron chi connectivity index (χ1n) is 7.82. The standard InChI is InChI=1S/C17H26N2O2/c1-12-8-9-14(11-15(12)19(20)21)13(2)18-16-7-5-6-10-17(16,3)4/h8-9,11,13,16,18H,5-7,10H2,1-4H3. The molecule has 0 saturated heterocycles. The zero-order chi connectivity index (χ0) is 15.6. The van der Waals surface area contributed by atoms with Crippen molar-refractivity contribution < 1.29 is 4.92 Å². The Hall–Kier alpha value is -1.42. The summed E-state index contributed by atoms with van der Waals surface area (Å²) >= 11 is 0. The van der Waals surface area contributed by atoms with Crippen LogP contribution in [0.15, 0.2) is 18.2 Å². The van der Waals surface area contributed by atoms with Gasteiger partial charge in [0.1, 0.15) is 0 Å². The summed E-state index contributed by atoms with van der Waals surface area (Å²) in [6.45, 7) is 8.51. The van der Waals surface area contributed by atoms with Crippen LogP contribution in [0.2, 0.25) is 0 Å². The minimum atomic E-state index is -0.296. The van der Waals surface area contributed by atoms with Crippen LogP contribution in [0.1, 0.15) is 63.6 Å². The molecule has 1 aliphatic rings. The summed E-state index contributed by atoms with van der Waals surface area (Å²) < 4.78 is 0. The van der Waals surface area contributed by atoms with Crippen LogP contribution in [-0.4, -0.2) is 11.0 Å². The molecule has 0 spiro atoms. The summed E-state index contributed by atoms with van der Waals surface area (Å²) in [6, 6.07) is 6.16. The highest BCUT2D eigenvalue weighted by molar-refractivity contribution is 5.43. The van der Waals surface area contributed by atoms with Gasteiger partial charge in [0, 0.05) is 23.7 Å². The number of nitrogens with zero attached hydrogens (tertiary/aromatic N) is 1. The molecule has 0 radical (unpaired) electrons. The normalized spacial score (nSPS) is 22.8. The minimum Gasteiger partial charge on any atom is -0.307 e. The molecule has 1 aliphatic carbocycles. The van der Waals surface area contributed by atoms with Crippen LogP contribution in [-0.2, 0) is 0 Å². The number of benzene rings is 1. The SMILES string of the molecule is Cc1ccc(C(C)NC2CCCCC2(C)C)cc1[N+](=O)[O-]. The molecule has 0 heterocycles. The van der Waals surface area contributed by atoms with E-state index in [-0.39, 0.29) is 16.7 Å². The second-order valence-electron chi connectivity index (χ2n) is 6.98. The van der Waals surface area contributed by atoms with Crippen molar-refractivity contribution in [1.29, 1.82) is 0 Å². The highest BCUT2D eigenvalue weighted by Gasteiger charge is 2.33. The van der Waals surface area contributed by atoms with Crippen molar-refractivity contribution in [2.24, 2.45) is 5.41 Å². The zero-order valence-electron chi connectivity index (χ0n) is 13.5. The Kier molecular flexibility index (Phi) is 4.67. The molecule has 2 rings (SSSR count). The maximum Gasteiger partial charge on any atom is 0.272 e. The first-order chi connectivity index (χ1) is 9.81. The van der Waals surface area contributed by atoms with Crippen molar-refractivity contribution in [2.45, 2.75) is 65.5 Å². The predicted molar refractivity (Wildman–Crippen MR) is 85.4 cm³/mol. The van der Waals surface area contributed by atoms with E-state index < -0.39 is 0 Å². The van der Waals surface area contributed by atoms with Gasteiger partial charge in [-0.05, 0) is 37.7 Å². The number of nitro benzene ring substituents is 1. The second kappa shape index (κ2) is 6.14. The molecule has 21 heavy (non-hydrogen) atoms. The first-order valence-corrected chi connectivity index (χ1v) is 7.82. The van der Waals surface area contributed by atoms with Gasteiger partial charge < -0.3 is 5.32 Å². The third-order valence-electron chi connectivity index (χ3n) is 4.89. The van der Waals surface area contributed by atoms with Gasteiger partial charge in [-0.25, -0.2) is 0 Å². The lowest BCUT2D eigenvalue weighted by atomic mass is 9.73. The van der Waals surface area contributed by atoms with Crippen LogP contribution in [0.5, 0.6) is 0 Å². The van der Waals surface area contributed by atoms with Crippen molar-refractivity contribution in [3.63, 3.8) is 0 Å². The molecular formula is C17H26N2O2. The van der Waals surface area contributed by atoms with Gasteiger partial charge in [-0.2, -0.15) is 0 Å². The van der Waals surface area contributed by atoms with Gasteiger partial charge in [-0.15, -0.1) is 0 Å². The molecule has 1 aromatic rings. The summed E-state index contributed by atoms with van der Waals surface area (Å²) in [6.07, 6.45) is 4.99. The third-order valence-corrected chi connectivity index (χ3v) is 4.89. The van der Waals surface area contributed by atoms with E-state index >= 15 is 0 Å². The number of rotatable bonds is 4. The Balaban J connectivity index is 2.15. The lowest BCUT2D eigenvalue weighted by Crippen LogP contribution is -2.45. The van der Waals surface area contributed by atoms with Crippen molar-refractivity contribution in [3.05, 3.63) is 39.4 Å². The van der Waals surface area contributed by atoms with E-state index in [1.807, 2.05) is 12.1 Å². The van der Waals surface area contributed by atoms with Gasteiger partial charge in [-0.1, -0.05) is 38.8 Å². The second-order valence-corrected chi connectivity index (χ2v) is 6.98.